The molecule has 0 fully saturated rings. The summed E-state index contributed by atoms with van der Waals surface area (Å²) in [6.45, 7) is 2.11. The summed E-state index contributed by atoms with van der Waals surface area (Å²) in [6, 6.07) is 20.5. The molecule has 0 aromatic heterocycles. The Hall–Kier alpha value is -2.07. The molecule has 0 saturated carbocycles. The molecule has 0 aliphatic carbocycles. The van der Waals surface area contributed by atoms with Crippen molar-refractivity contribution in [3.8, 4) is 0 Å². The summed E-state index contributed by atoms with van der Waals surface area (Å²) >= 11 is 1.68. The van der Waals surface area contributed by atoms with Crippen molar-refractivity contribution >= 4 is 22.6 Å². The zero-order valence-electron chi connectivity index (χ0n) is 11.9. The molecular weight excluding hydrogens is 278 g/mol. The van der Waals surface area contributed by atoms with E-state index >= 15 is 0 Å². The first-order chi connectivity index (χ1) is 10.4. The average molecular weight is 295 g/mol. The van der Waals surface area contributed by atoms with Gasteiger partial charge in [-0.05, 0) is 11.3 Å². The van der Waals surface area contributed by atoms with Crippen LogP contribution in [0.3, 0.4) is 0 Å². The molecule has 0 saturated heterocycles. The number of benzene rings is 2. The molecule has 1 aliphatic rings. The van der Waals surface area contributed by atoms with Gasteiger partial charge in [-0.1, -0.05) is 79.3 Å². The van der Waals surface area contributed by atoms with Gasteiger partial charge >= 0.3 is 0 Å². The monoisotopic (exact) mass is 295 g/mol. The fraction of sp³-hybridized carbons (Fsp3) is 0.176. The van der Waals surface area contributed by atoms with Gasteiger partial charge in [-0.15, -0.1) is 0 Å². The zero-order valence-corrected chi connectivity index (χ0v) is 12.7. The van der Waals surface area contributed by atoms with Crippen molar-refractivity contribution in [3.05, 3.63) is 71.8 Å². The number of nitrogens with zero attached hydrogens (tertiary/aromatic N) is 2. The highest BCUT2D eigenvalue weighted by Crippen LogP contribution is 2.26. The lowest BCUT2D eigenvalue weighted by molar-refractivity contribution is 0.873. The Kier molecular flexibility index (Phi) is 4.36. The van der Waals surface area contributed by atoms with Crippen molar-refractivity contribution in [2.45, 2.75) is 13.0 Å². The summed E-state index contributed by atoms with van der Waals surface area (Å²) in [5, 5.41) is 5.45. The van der Waals surface area contributed by atoms with Crippen LogP contribution in [-0.4, -0.2) is 16.6 Å². The van der Waals surface area contributed by atoms with Gasteiger partial charge in [0, 0.05) is 5.56 Å². The molecule has 2 aromatic rings. The molecule has 0 bridgehead atoms. The maximum absolute atomic E-state index is 4.84. The molecule has 0 unspecified atom stereocenters. The maximum Gasteiger partial charge on any atom is 0.178 e. The van der Waals surface area contributed by atoms with Crippen LogP contribution >= 0.6 is 11.8 Å². The van der Waals surface area contributed by atoms with Crippen LogP contribution in [0.1, 0.15) is 24.1 Å². The Labute approximate surface area is 129 Å². The largest absolute Gasteiger partial charge is 0.256 e. The van der Waals surface area contributed by atoms with Gasteiger partial charge in [-0.3, -0.25) is 5.43 Å². The number of thioether (sulfide) groups is 1. The summed E-state index contributed by atoms with van der Waals surface area (Å²) in [6.07, 6.45) is 0. The molecule has 3 rings (SSSR count). The van der Waals surface area contributed by atoms with E-state index in [-0.39, 0.29) is 6.04 Å². The third kappa shape index (κ3) is 3.16. The molecule has 106 valence electrons. The number of hydrogen-bond donors (Lipinski definition) is 1. The van der Waals surface area contributed by atoms with Gasteiger partial charge in [0.15, 0.2) is 5.17 Å². The summed E-state index contributed by atoms with van der Waals surface area (Å²) in [5.41, 5.74) is 6.29. The van der Waals surface area contributed by atoms with E-state index < -0.39 is 0 Å². The number of nitrogens with one attached hydrogen (secondary N) is 1. The third-order valence-electron chi connectivity index (χ3n) is 3.24. The van der Waals surface area contributed by atoms with E-state index in [1.165, 1.54) is 0 Å². The number of rotatable bonds is 3. The lowest BCUT2D eigenvalue weighted by atomic mass is 9.97. The predicted octanol–water partition coefficient (Wildman–Crippen LogP) is 3.84. The number of hydrazone groups is 1. The van der Waals surface area contributed by atoms with Gasteiger partial charge in [-0.25, -0.2) is 4.99 Å². The first kappa shape index (κ1) is 13.9. The van der Waals surface area contributed by atoms with Crippen molar-refractivity contribution in [1.82, 2.24) is 5.43 Å². The van der Waals surface area contributed by atoms with Crippen LogP contribution in [0.25, 0.3) is 0 Å². The second-order valence-corrected chi connectivity index (χ2v) is 5.91. The fourth-order valence-electron chi connectivity index (χ4n) is 2.28. The highest BCUT2D eigenvalue weighted by Gasteiger charge is 2.23. The van der Waals surface area contributed by atoms with Gasteiger partial charge in [0.2, 0.25) is 0 Å². The molecule has 0 spiro atoms. The standard InChI is InChI=1S/C17H17N3S/c1-2-21-17-18-15(13-9-5-3-6-10-13)16(19-20-17)14-11-7-4-8-12-14/h3-12,15H,2H2,1H3,(H,18,20)/t15-/m0/s1. The van der Waals surface area contributed by atoms with Crippen molar-refractivity contribution in [2.75, 3.05) is 5.75 Å². The van der Waals surface area contributed by atoms with Crippen molar-refractivity contribution in [2.24, 2.45) is 10.1 Å². The maximum atomic E-state index is 4.84. The van der Waals surface area contributed by atoms with Gasteiger partial charge in [0.25, 0.3) is 0 Å². The lowest BCUT2D eigenvalue weighted by Gasteiger charge is -2.22. The first-order valence-electron chi connectivity index (χ1n) is 7.03. The SMILES string of the molecule is CCSC1=N[C@@H](c2ccccc2)C(c2ccccc2)=NN1. The molecule has 2 aromatic carbocycles. The molecule has 21 heavy (non-hydrogen) atoms. The normalized spacial score (nSPS) is 17.7. The number of aliphatic imine (C=N–C) groups is 1. The molecule has 1 heterocycles. The van der Waals surface area contributed by atoms with E-state index in [9.17, 15) is 0 Å². The predicted molar refractivity (Wildman–Crippen MR) is 90.9 cm³/mol. The fourth-order valence-corrected chi connectivity index (χ4v) is 2.85. The van der Waals surface area contributed by atoms with Gasteiger partial charge in [0.05, 0.1) is 5.71 Å². The molecule has 3 nitrogen and oxygen atoms in total. The van der Waals surface area contributed by atoms with E-state index in [2.05, 4.69) is 41.7 Å². The van der Waals surface area contributed by atoms with Crippen LogP contribution in [-0.2, 0) is 0 Å². The van der Waals surface area contributed by atoms with Crippen molar-refractivity contribution < 1.29 is 0 Å². The van der Waals surface area contributed by atoms with Gasteiger partial charge in [-0.2, -0.15) is 5.10 Å². The zero-order chi connectivity index (χ0) is 14.5. The van der Waals surface area contributed by atoms with Crippen molar-refractivity contribution in [3.63, 3.8) is 0 Å². The topological polar surface area (TPSA) is 36.8 Å². The minimum atomic E-state index is -0.0519. The van der Waals surface area contributed by atoms with Crippen LogP contribution in [0.4, 0.5) is 0 Å². The molecule has 1 N–H and O–H groups in total. The Morgan fingerprint density at radius 1 is 1.00 bits per heavy atom. The highest BCUT2D eigenvalue weighted by molar-refractivity contribution is 8.13. The minimum Gasteiger partial charge on any atom is -0.256 e. The average Bonchev–Trinajstić information content (AvgIpc) is 2.57. The molecule has 0 amide bonds. The first-order valence-corrected chi connectivity index (χ1v) is 8.01. The van der Waals surface area contributed by atoms with Crippen LogP contribution in [0.2, 0.25) is 0 Å². The summed E-state index contributed by atoms with van der Waals surface area (Å²) in [7, 11) is 0. The Morgan fingerprint density at radius 3 is 2.33 bits per heavy atom. The highest BCUT2D eigenvalue weighted by atomic mass is 32.2. The van der Waals surface area contributed by atoms with Gasteiger partial charge < -0.3 is 0 Å². The molecule has 1 aliphatic heterocycles. The third-order valence-corrected chi connectivity index (χ3v) is 4.00. The quantitative estimate of drug-likeness (QED) is 0.934. The van der Waals surface area contributed by atoms with Crippen LogP contribution in [0.5, 0.6) is 0 Å². The second kappa shape index (κ2) is 6.59. The van der Waals surface area contributed by atoms with E-state index in [1.54, 1.807) is 11.8 Å². The molecule has 0 radical (unpaired) electrons. The smallest absolute Gasteiger partial charge is 0.178 e. The summed E-state index contributed by atoms with van der Waals surface area (Å²) < 4.78 is 0. The van der Waals surface area contributed by atoms with E-state index in [0.29, 0.717) is 0 Å². The Morgan fingerprint density at radius 2 is 1.67 bits per heavy atom. The van der Waals surface area contributed by atoms with Crippen molar-refractivity contribution in [1.29, 1.82) is 0 Å². The summed E-state index contributed by atoms with van der Waals surface area (Å²) in [4.78, 5) is 4.84. The number of hydrogen-bond acceptors (Lipinski definition) is 4. The van der Waals surface area contributed by atoms with E-state index in [1.807, 2.05) is 36.4 Å². The Balaban J connectivity index is 1.99. The minimum absolute atomic E-state index is 0.0519. The molecule has 1 atom stereocenters. The van der Waals surface area contributed by atoms with Gasteiger partial charge in [0.1, 0.15) is 6.04 Å². The molecule has 4 heteroatoms. The van der Waals surface area contributed by atoms with Crippen LogP contribution in [0.15, 0.2) is 70.8 Å². The van der Waals surface area contributed by atoms with Crippen LogP contribution in [0, 0.1) is 0 Å². The van der Waals surface area contributed by atoms with Crippen LogP contribution < -0.4 is 5.43 Å². The molecular formula is C17H17N3S. The number of amidine groups is 1. The lowest BCUT2D eigenvalue weighted by Crippen LogP contribution is -2.27. The summed E-state index contributed by atoms with van der Waals surface area (Å²) in [5.74, 6) is 0.976. The second-order valence-electron chi connectivity index (χ2n) is 4.66. The van der Waals surface area contributed by atoms with E-state index in [0.717, 1.165) is 27.8 Å². The van der Waals surface area contributed by atoms with E-state index in [4.69, 9.17) is 4.99 Å². The Bertz CT molecular complexity index is 650.